The zero-order valence-electron chi connectivity index (χ0n) is 40.7. The number of carbonyl (C=O) groups excluding carboxylic acids is 10. The highest BCUT2D eigenvalue weighted by molar-refractivity contribution is 5.98. The summed E-state index contributed by atoms with van der Waals surface area (Å²) in [7, 11) is 0. The molecule has 0 saturated heterocycles. The molecule has 1 unspecified atom stereocenters. The van der Waals surface area contributed by atoms with Crippen LogP contribution < -0.4 is 37.6 Å². The number of hydrogen-bond acceptors (Lipinski definition) is 14. The van der Waals surface area contributed by atoms with Gasteiger partial charge in [0.25, 0.3) is 0 Å². The molecule has 7 amide bonds. The van der Waals surface area contributed by atoms with E-state index in [1.807, 2.05) is 0 Å². The molecule has 5 atom stereocenters. The second-order valence-electron chi connectivity index (χ2n) is 18.9. The Kier molecular flexibility index (Phi) is 23.4. The average molecular weight is 984 g/mol. The van der Waals surface area contributed by atoms with Crippen molar-refractivity contribution in [3.8, 4) is 5.75 Å². The van der Waals surface area contributed by atoms with E-state index < -0.39 is 121 Å². The van der Waals surface area contributed by atoms with Crippen LogP contribution in [-0.4, -0.2) is 119 Å². The topological polar surface area (TPSA) is 317 Å². The van der Waals surface area contributed by atoms with E-state index in [4.69, 9.17) is 19.9 Å². The molecule has 21 heteroatoms. The van der Waals surface area contributed by atoms with Gasteiger partial charge in [-0.05, 0) is 107 Å². The zero-order valence-corrected chi connectivity index (χ0v) is 40.7. The molecule has 21 nitrogen and oxygen atoms in total. The second kappa shape index (κ2) is 29.0. The van der Waals surface area contributed by atoms with Crippen molar-refractivity contribution in [3.05, 3.63) is 29.8 Å². The maximum absolute atomic E-state index is 14.2. The lowest BCUT2D eigenvalue weighted by molar-refractivity contribution is -0.153. The molecule has 0 heterocycles. The quantitative estimate of drug-likeness (QED) is 0.0512. The number of nitrogens with two attached hydrogens (primary N) is 1. The Hall–Kier alpha value is -6.28. The molecule has 0 spiro atoms. The first-order chi connectivity index (χ1) is 33.4. The minimum atomic E-state index is -1.63. The van der Waals surface area contributed by atoms with Crippen molar-refractivity contribution < 1.29 is 67.3 Å². The predicted octanol–water partition coefficient (Wildman–Crippen LogP) is 1.82. The summed E-state index contributed by atoms with van der Waals surface area (Å²) in [5.74, 6) is -8.91. The summed E-state index contributed by atoms with van der Waals surface area (Å²) in [6, 6.07) is -1.32. The van der Waals surface area contributed by atoms with Crippen molar-refractivity contribution in [2.24, 2.45) is 11.7 Å². The van der Waals surface area contributed by atoms with Gasteiger partial charge < -0.3 is 57.0 Å². The van der Waals surface area contributed by atoms with Gasteiger partial charge in [-0.15, -0.1) is 0 Å². The van der Waals surface area contributed by atoms with Crippen LogP contribution in [0, 0.1) is 5.92 Å². The number of benzene rings is 1. The number of nitrogens with one attached hydrogen (secondary N) is 6. The van der Waals surface area contributed by atoms with Crippen LogP contribution in [0.2, 0.25) is 0 Å². The van der Waals surface area contributed by atoms with Gasteiger partial charge in [-0.3, -0.25) is 47.9 Å². The van der Waals surface area contributed by atoms with Crippen LogP contribution >= 0.6 is 0 Å². The second-order valence-corrected chi connectivity index (χ2v) is 18.9. The first-order valence-electron chi connectivity index (χ1n) is 24.8. The summed E-state index contributed by atoms with van der Waals surface area (Å²) in [6.45, 7) is 3.64. The van der Waals surface area contributed by atoms with Crippen LogP contribution in [0.1, 0.15) is 148 Å². The van der Waals surface area contributed by atoms with Crippen molar-refractivity contribution in [3.63, 3.8) is 0 Å². The Morgan fingerprint density at radius 2 is 1.03 bits per heavy atom. The van der Waals surface area contributed by atoms with Crippen molar-refractivity contribution in [1.29, 1.82) is 0 Å². The van der Waals surface area contributed by atoms with Crippen LogP contribution in [0.15, 0.2) is 24.3 Å². The molecule has 388 valence electrons. The van der Waals surface area contributed by atoms with E-state index in [9.17, 15) is 53.1 Å². The molecule has 70 heavy (non-hydrogen) atoms. The van der Waals surface area contributed by atoms with E-state index in [2.05, 4.69) is 31.9 Å². The molecule has 0 aliphatic heterocycles. The average Bonchev–Trinajstić information content (AvgIpc) is 3.31. The summed E-state index contributed by atoms with van der Waals surface area (Å²) in [5.41, 5.74) is 6.10. The highest BCUT2D eigenvalue weighted by Gasteiger charge is 2.36. The van der Waals surface area contributed by atoms with Gasteiger partial charge in [0, 0.05) is 19.8 Å². The summed E-state index contributed by atoms with van der Waals surface area (Å²) < 4.78 is 16.9. The highest BCUT2D eigenvalue weighted by Crippen LogP contribution is 2.23. The van der Waals surface area contributed by atoms with Gasteiger partial charge in [0.15, 0.2) is 0 Å². The van der Waals surface area contributed by atoms with Gasteiger partial charge in [-0.2, -0.15) is 0 Å². The summed E-state index contributed by atoms with van der Waals surface area (Å²) in [4.78, 5) is 133. The number of amides is 7. The molecule has 1 aromatic carbocycles. The number of rotatable bonds is 25. The third-order valence-corrected chi connectivity index (χ3v) is 12.6. The lowest BCUT2D eigenvalue weighted by atomic mass is 9.97. The molecular formula is C49H73N7O14. The highest BCUT2D eigenvalue weighted by atomic mass is 16.6. The number of ether oxygens (including phenoxy) is 3. The van der Waals surface area contributed by atoms with E-state index in [1.165, 1.54) is 12.1 Å². The van der Waals surface area contributed by atoms with Gasteiger partial charge >= 0.3 is 17.9 Å². The Labute approximate surface area is 408 Å². The fourth-order valence-corrected chi connectivity index (χ4v) is 8.74. The number of hydrogen-bond donors (Lipinski definition) is 8. The van der Waals surface area contributed by atoms with E-state index in [-0.39, 0.29) is 37.2 Å². The molecule has 3 saturated carbocycles. The van der Waals surface area contributed by atoms with Gasteiger partial charge in [0.05, 0.1) is 19.4 Å². The third kappa shape index (κ3) is 20.4. The molecule has 4 rings (SSSR count). The molecule has 3 aliphatic rings. The van der Waals surface area contributed by atoms with Crippen LogP contribution in [0.5, 0.6) is 5.75 Å². The molecule has 0 aromatic heterocycles. The summed E-state index contributed by atoms with van der Waals surface area (Å²) in [6.07, 6.45) is 9.33. The maximum Gasteiger partial charge on any atom is 0.308 e. The number of primary amides is 1. The fraction of sp³-hybridized carbons (Fsp3) is 0.673. The van der Waals surface area contributed by atoms with Crippen LogP contribution in [-0.2, 0) is 68.6 Å². The van der Waals surface area contributed by atoms with Gasteiger partial charge in [0.2, 0.25) is 41.4 Å². The number of phenolic OH excluding ortho intramolecular Hbond substituents is 1. The molecular weight excluding hydrogens is 911 g/mol. The van der Waals surface area contributed by atoms with E-state index >= 15 is 0 Å². The molecule has 3 fully saturated rings. The van der Waals surface area contributed by atoms with Crippen molar-refractivity contribution in [1.82, 2.24) is 31.9 Å². The number of aromatic hydroxyl groups is 1. The summed E-state index contributed by atoms with van der Waals surface area (Å²) >= 11 is 0. The lowest BCUT2D eigenvalue weighted by Crippen LogP contribution is -2.60. The Morgan fingerprint density at radius 3 is 1.50 bits per heavy atom. The number of carbonyl (C=O) groups is 10. The van der Waals surface area contributed by atoms with Crippen molar-refractivity contribution in [2.75, 3.05) is 6.54 Å². The van der Waals surface area contributed by atoms with Crippen molar-refractivity contribution >= 4 is 59.3 Å². The monoisotopic (exact) mass is 984 g/mol. The molecule has 1 aromatic rings. The number of esters is 3. The molecule has 0 radical (unpaired) electrons. The van der Waals surface area contributed by atoms with Crippen LogP contribution in [0.3, 0.4) is 0 Å². The normalized spacial score (nSPS) is 17.8. The Bertz CT molecular complexity index is 1960. The molecule has 9 N–H and O–H groups in total. The minimum Gasteiger partial charge on any atom is -0.508 e. The van der Waals surface area contributed by atoms with Gasteiger partial charge in [-0.1, -0.05) is 45.2 Å². The maximum atomic E-state index is 14.2. The van der Waals surface area contributed by atoms with Crippen LogP contribution in [0.4, 0.5) is 0 Å². The van der Waals surface area contributed by atoms with E-state index in [0.29, 0.717) is 44.1 Å². The minimum absolute atomic E-state index is 0.00643. The predicted molar refractivity (Wildman–Crippen MR) is 252 cm³/mol. The van der Waals surface area contributed by atoms with Crippen LogP contribution in [0.25, 0.3) is 0 Å². The lowest BCUT2D eigenvalue weighted by Gasteiger charge is -2.28. The standard InChI is InChI=1S/C49H73N7O14/c1-29(2)44(49(67)55-38(26-42(61)69-34-15-9-5-10-16-34)46(64)51-28-40(59)53-37(45(50)63)25-31-19-21-32(58)22-20-31)56-47(65)36(23-24-41(60)68-33-13-7-4-8-14-33)54-48(66)39(52-30(3)57)27-43(62)70-35-17-11-6-12-18-35/h19-22,29,33-39,44,58H,4-18,23-28H2,1-3H3,(H2,50,63)(H,51,64)(H,52,57)(H,53,59)(H,54,66)(H,55,67)(H,56,65)/t36-,37-,38?,39-,44-/m0/s1. The SMILES string of the molecule is CC(=O)N[C@@H](CC(=O)OC1CCCCC1)C(=O)N[C@@H](CCC(=O)OC1CCCCC1)C(=O)N[C@H](C(=O)NC(CC(=O)OC1CCCCC1)C(=O)NCC(=O)N[C@@H](Cc1ccc(O)cc1)C(N)=O)C(C)C. The van der Waals surface area contributed by atoms with Gasteiger partial charge in [0.1, 0.15) is 54.3 Å². The Balaban J connectivity index is 1.50. The van der Waals surface area contributed by atoms with Crippen molar-refractivity contribution in [2.45, 2.75) is 198 Å². The largest absolute Gasteiger partial charge is 0.508 e. The zero-order chi connectivity index (χ0) is 51.2. The number of phenols is 1. The first kappa shape index (κ1) is 56.3. The molecule has 3 aliphatic carbocycles. The summed E-state index contributed by atoms with van der Waals surface area (Å²) in [5, 5.41) is 24.5. The van der Waals surface area contributed by atoms with E-state index in [0.717, 1.165) is 64.7 Å². The van der Waals surface area contributed by atoms with Gasteiger partial charge in [-0.25, -0.2) is 0 Å². The third-order valence-electron chi connectivity index (χ3n) is 12.6. The smallest absolute Gasteiger partial charge is 0.308 e. The first-order valence-corrected chi connectivity index (χ1v) is 24.8. The van der Waals surface area contributed by atoms with E-state index in [1.54, 1.807) is 26.0 Å². The molecule has 0 bridgehead atoms. The Morgan fingerprint density at radius 1 is 0.571 bits per heavy atom. The fourth-order valence-electron chi connectivity index (χ4n) is 8.74.